The Kier molecular flexibility index (Phi) is 6.14. The molecule has 2 aliphatic heterocycles. The molecular formula is C20H25BrN2O4S2. The molecule has 4 rings (SSSR count). The number of thioether (sulfide) groups is 1. The van der Waals surface area contributed by atoms with Gasteiger partial charge in [0.05, 0.1) is 16.2 Å². The van der Waals surface area contributed by atoms with Crippen molar-refractivity contribution in [1.29, 1.82) is 0 Å². The number of aliphatic hydroxyl groups excluding tert-OH is 1. The summed E-state index contributed by atoms with van der Waals surface area (Å²) in [6.45, 7) is 1.79. The molecule has 9 heteroatoms. The molecule has 0 radical (unpaired) electrons. The molecule has 1 aromatic carbocycles. The lowest BCUT2D eigenvalue weighted by Crippen LogP contribution is -2.59. The maximum Gasteiger partial charge on any atom is 0.240 e. The Balaban J connectivity index is 1.62. The first kappa shape index (κ1) is 21.4. The largest absolute Gasteiger partial charge is 0.392 e. The van der Waals surface area contributed by atoms with Crippen LogP contribution in [0, 0.1) is 11.8 Å². The first-order chi connectivity index (χ1) is 13.8. The van der Waals surface area contributed by atoms with E-state index in [1.807, 2.05) is 5.41 Å². The SMILES string of the molecule is CC(CBr)NS(=O)(=O)c1ccc(C2C(O)CCC3NC(=O)C4SC=CC4C32)cc1. The van der Waals surface area contributed by atoms with Gasteiger partial charge in [0.2, 0.25) is 15.9 Å². The lowest BCUT2D eigenvalue weighted by molar-refractivity contribution is -0.126. The normalized spacial score (nSPS) is 34.9. The highest BCUT2D eigenvalue weighted by molar-refractivity contribution is 9.09. The molecule has 2 fully saturated rings. The average Bonchev–Trinajstić information content (AvgIpc) is 3.19. The third kappa shape index (κ3) is 4.04. The summed E-state index contributed by atoms with van der Waals surface area (Å²) < 4.78 is 27.7. The number of allylic oxidation sites excluding steroid dienone is 1. The highest BCUT2D eigenvalue weighted by atomic mass is 79.9. The van der Waals surface area contributed by atoms with Crippen molar-refractivity contribution in [2.75, 3.05) is 5.33 Å². The van der Waals surface area contributed by atoms with E-state index in [-0.39, 0.29) is 45.9 Å². The van der Waals surface area contributed by atoms with E-state index in [1.54, 1.807) is 31.2 Å². The van der Waals surface area contributed by atoms with Gasteiger partial charge >= 0.3 is 0 Å². The zero-order valence-corrected chi connectivity index (χ0v) is 19.2. The second-order valence-corrected chi connectivity index (χ2v) is 11.5. The minimum Gasteiger partial charge on any atom is -0.392 e. The zero-order chi connectivity index (χ0) is 20.8. The summed E-state index contributed by atoms with van der Waals surface area (Å²) in [5.41, 5.74) is 0.917. The molecule has 7 unspecified atom stereocenters. The van der Waals surface area contributed by atoms with Crippen LogP contribution >= 0.6 is 27.7 Å². The van der Waals surface area contributed by atoms with Crippen molar-refractivity contribution in [3.8, 4) is 0 Å². The number of rotatable bonds is 5. The maximum absolute atomic E-state index is 12.5. The number of carbonyl (C=O) groups excluding carboxylic acids is 1. The van der Waals surface area contributed by atoms with Gasteiger partial charge in [0.15, 0.2) is 0 Å². The molecule has 0 aromatic heterocycles. The summed E-state index contributed by atoms with van der Waals surface area (Å²) in [5, 5.41) is 16.4. The number of fused-ring (bicyclic) bond motifs is 3. The highest BCUT2D eigenvalue weighted by Crippen LogP contribution is 2.50. The molecule has 1 aromatic rings. The summed E-state index contributed by atoms with van der Waals surface area (Å²) in [4.78, 5) is 12.6. The Bertz CT molecular complexity index is 906. The highest BCUT2D eigenvalue weighted by Gasteiger charge is 2.51. The van der Waals surface area contributed by atoms with Gasteiger partial charge in [0, 0.05) is 29.2 Å². The van der Waals surface area contributed by atoms with Gasteiger partial charge in [0.1, 0.15) is 0 Å². The van der Waals surface area contributed by atoms with Crippen molar-refractivity contribution >= 4 is 43.6 Å². The smallest absolute Gasteiger partial charge is 0.240 e. The summed E-state index contributed by atoms with van der Waals surface area (Å²) in [5.74, 6) is 0.122. The molecule has 29 heavy (non-hydrogen) atoms. The van der Waals surface area contributed by atoms with E-state index in [2.05, 4.69) is 32.0 Å². The van der Waals surface area contributed by atoms with Gasteiger partial charge < -0.3 is 10.4 Å². The number of hydrogen-bond donors (Lipinski definition) is 3. The number of nitrogens with one attached hydrogen (secondary N) is 2. The summed E-state index contributed by atoms with van der Waals surface area (Å²) in [7, 11) is -3.59. The van der Waals surface area contributed by atoms with Crippen molar-refractivity contribution in [3.63, 3.8) is 0 Å². The van der Waals surface area contributed by atoms with Crippen molar-refractivity contribution < 1.29 is 18.3 Å². The van der Waals surface area contributed by atoms with Crippen LogP contribution in [-0.4, -0.2) is 48.2 Å². The van der Waals surface area contributed by atoms with E-state index in [9.17, 15) is 18.3 Å². The molecule has 158 valence electrons. The molecule has 0 bridgehead atoms. The van der Waals surface area contributed by atoms with Crippen LogP contribution in [0.25, 0.3) is 0 Å². The molecule has 3 N–H and O–H groups in total. The van der Waals surface area contributed by atoms with Gasteiger partial charge in [-0.25, -0.2) is 13.1 Å². The van der Waals surface area contributed by atoms with Crippen LogP contribution in [0.5, 0.6) is 0 Å². The Hall–Kier alpha value is -0.870. The molecule has 1 saturated heterocycles. The minimum absolute atomic E-state index is 0.0327. The number of amides is 1. The standard InChI is InChI=1S/C20H25BrN2O4S2/c1-11(10-21)23-29(26,27)13-4-2-12(3-5-13)17-16(24)7-6-15-18(17)14-8-9-28-19(14)20(25)22-15/h2-5,8-9,11,14-19,23-24H,6-7,10H2,1H3,(H,22,25). The number of carbonyl (C=O) groups is 1. The molecule has 1 saturated carbocycles. The quantitative estimate of drug-likeness (QED) is 0.539. The number of aliphatic hydroxyl groups is 1. The van der Waals surface area contributed by atoms with Crippen LogP contribution in [0.2, 0.25) is 0 Å². The third-order valence-corrected chi connectivity index (χ3v) is 9.85. The topological polar surface area (TPSA) is 95.5 Å². The van der Waals surface area contributed by atoms with Crippen LogP contribution in [0.3, 0.4) is 0 Å². The van der Waals surface area contributed by atoms with Crippen LogP contribution in [0.4, 0.5) is 0 Å². The maximum atomic E-state index is 12.5. The van der Waals surface area contributed by atoms with Gasteiger partial charge in [0.25, 0.3) is 0 Å². The fourth-order valence-electron chi connectivity index (χ4n) is 4.83. The number of alkyl halides is 1. The van der Waals surface area contributed by atoms with E-state index in [1.165, 1.54) is 11.8 Å². The fourth-order valence-corrected chi connectivity index (χ4v) is 7.53. The van der Waals surface area contributed by atoms with E-state index < -0.39 is 16.1 Å². The Morgan fingerprint density at radius 2 is 2.03 bits per heavy atom. The molecule has 2 heterocycles. The Morgan fingerprint density at radius 1 is 1.31 bits per heavy atom. The van der Waals surface area contributed by atoms with Crippen LogP contribution in [-0.2, 0) is 14.8 Å². The second kappa shape index (κ2) is 8.34. The number of halogens is 1. The van der Waals surface area contributed by atoms with E-state index >= 15 is 0 Å². The third-order valence-electron chi connectivity index (χ3n) is 6.14. The van der Waals surface area contributed by atoms with Gasteiger partial charge in [-0.15, -0.1) is 11.8 Å². The van der Waals surface area contributed by atoms with Crippen molar-refractivity contribution in [3.05, 3.63) is 41.3 Å². The molecule has 3 aliphatic rings. The number of sulfonamides is 1. The van der Waals surface area contributed by atoms with Gasteiger partial charge in [-0.1, -0.05) is 34.1 Å². The lowest BCUT2D eigenvalue weighted by atomic mass is 9.63. The molecule has 0 spiro atoms. The van der Waals surface area contributed by atoms with Gasteiger partial charge in [-0.3, -0.25) is 4.79 Å². The Labute approximate surface area is 184 Å². The van der Waals surface area contributed by atoms with Crippen LogP contribution in [0.15, 0.2) is 40.6 Å². The number of benzene rings is 1. The minimum atomic E-state index is -3.59. The van der Waals surface area contributed by atoms with E-state index in [0.717, 1.165) is 12.0 Å². The number of hydrogen-bond acceptors (Lipinski definition) is 5. The lowest BCUT2D eigenvalue weighted by Gasteiger charge is -2.48. The zero-order valence-electron chi connectivity index (χ0n) is 16.0. The van der Waals surface area contributed by atoms with E-state index in [0.29, 0.717) is 11.8 Å². The fraction of sp³-hybridized carbons (Fsp3) is 0.550. The predicted molar refractivity (Wildman–Crippen MR) is 117 cm³/mol. The summed E-state index contributed by atoms with van der Waals surface area (Å²) in [6.07, 6.45) is 2.96. The Morgan fingerprint density at radius 3 is 2.72 bits per heavy atom. The average molecular weight is 501 g/mol. The van der Waals surface area contributed by atoms with Crippen molar-refractivity contribution in [1.82, 2.24) is 10.0 Å². The first-order valence-electron chi connectivity index (χ1n) is 9.80. The molecule has 7 atom stereocenters. The first-order valence-corrected chi connectivity index (χ1v) is 13.4. The van der Waals surface area contributed by atoms with Crippen molar-refractivity contribution in [2.24, 2.45) is 11.8 Å². The predicted octanol–water partition coefficient (Wildman–Crippen LogP) is 2.35. The van der Waals surface area contributed by atoms with E-state index in [4.69, 9.17) is 0 Å². The van der Waals surface area contributed by atoms with Crippen LogP contribution < -0.4 is 10.0 Å². The van der Waals surface area contributed by atoms with Crippen molar-refractivity contribution in [2.45, 2.75) is 54.0 Å². The van der Waals surface area contributed by atoms with Crippen LogP contribution in [0.1, 0.15) is 31.2 Å². The monoisotopic (exact) mass is 500 g/mol. The second-order valence-electron chi connectivity index (χ2n) is 8.07. The van der Waals surface area contributed by atoms with Gasteiger partial charge in [-0.05, 0) is 48.8 Å². The molecule has 1 aliphatic carbocycles. The molecule has 6 nitrogen and oxygen atoms in total. The number of piperidine rings is 1. The molecule has 1 amide bonds. The van der Waals surface area contributed by atoms with Gasteiger partial charge in [-0.2, -0.15) is 0 Å². The molecular weight excluding hydrogens is 476 g/mol. The summed E-state index contributed by atoms with van der Waals surface area (Å²) >= 11 is 4.81. The summed E-state index contributed by atoms with van der Waals surface area (Å²) in [6, 6.07) is 6.64.